The molecule has 6 aromatic heterocycles. The first-order chi connectivity index (χ1) is 46.0. The number of hydrogen-bond donors (Lipinski definition) is 0. The molecular formula is C88H104N6+6. The molecule has 0 aliphatic carbocycles. The Labute approximate surface area is 569 Å². The average Bonchev–Trinajstić information content (AvgIpc) is 0.831. The molecule has 0 bridgehead atoms. The number of hydrogen-bond acceptors (Lipinski definition) is 0. The van der Waals surface area contributed by atoms with Crippen LogP contribution in [0, 0.1) is 111 Å². The van der Waals surface area contributed by atoms with Crippen molar-refractivity contribution >= 4 is 0 Å². The van der Waals surface area contributed by atoms with E-state index < -0.39 is 6.85 Å². The minimum Gasteiger partial charge on any atom is -0.201 e. The van der Waals surface area contributed by atoms with E-state index in [1.807, 2.05) is 48.9 Å². The number of nitrogens with zero attached hydrogens (tertiary/aromatic N) is 6. The quantitative estimate of drug-likeness (QED) is 0.148. The van der Waals surface area contributed by atoms with Crippen molar-refractivity contribution < 1.29 is 31.5 Å². The third-order valence-corrected chi connectivity index (χ3v) is 18.0. The van der Waals surface area contributed by atoms with Crippen molar-refractivity contribution in [3.05, 3.63) is 320 Å². The van der Waals surface area contributed by atoms with Gasteiger partial charge in [0.05, 0.1) is 0 Å². The van der Waals surface area contributed by atoms with Crippen LogP contribution in [0.5, 0.6) is 0 Å². The molecule has 0 spiro atoms. The first kappa shape index (κ1) is 67.1. The van der Waals surface area contributed by atoms with E-state index >= 15 is 0 Å². The van der Waals surface area contributed by atoms with Crippen LogP contribution in [-0.4, -0.2) is 0 Å². The number of aryl methyl sites for hydroxylation is 19. The predicted octanol–water partition coefficient (Wildman–Crippen LogP) is 18.0. The molecule has 0 fully saturated rings. The molecule has 0 saturated heterocycles. The zero-order valence-corrected chi connectivity index (χ0v) is 60.1. The van der Waals surface area contributed by atoms with Gasteiger partial charge in [0.15, 0.2) is 36.7 Å². The van der Waals surface area contributed by atoms with Gasteiger partial charge in [-0.25, -0.2) is 22.8 Å². The molecule has 0 aliphatic rings. The van der Waals surface area contributed by atoms with Crippen molar-refractivity contribution in [2.75, 3.05) is 0 Å². The summed E-state index contributed by atoms with van der Waals surface area (Å²) in [5.74, 6) is 0. The number of rotatable bonds is 6. The summed E-state index contributed by atoms with van der Waals surface area (Å²) in [6.07, 6.45) is 10.3. The van der Waals surface area contributed by atoms with E-state index in [4.69, 9.17) is 4.11 Å². The Morgan fingerprint density at radius 2 is 0.638 bits per heavy atom. The maximum Gasteiger partial charge on any atom is 0.215 e. The maximum absolute atomic E-state index is 7.41. The lowest BCUT2D eigenvalue weighted by Crippen LogP contribution is -2.34. The van der Waals surface area contributed by atoms with E-state index in [2.05, 4.69) is 344 Å². The van der Waals surface area contributed by atoms with E-state index in [9.17, 15) is 0 Å². The van der Waals surface area contributed by atoms with Gasteiger partial charge >= 0.3 is 0 Å². The summed E-state index contributed by atoms with van der Waals surface area (Å²) in [5, 5.41) is 0. The van der Waals surface area contributed by atoms with Crippen LogP contribution < -0.4 is 27.4 Å². The van der Waals surface area contributed by atoms with Crippen molar-refractivity contribution in [3.63, 3.8) is 0 Å². The molecule has 0 atom stereocenters. The molecule has 0 radical (unpaired) electrons. The maximum atomic E-state index is 7.41. The Morgan fingerprint density at radius 1 is 0.245 bits per heavy atom. The standard InChI is InChI=1S/C16H20N.2C15H18N.3C14H16N/c1-11-8-6-7-9-15(11)16-14(4)13(3)12(2)10-17(16)5;1-11-9-13(3)15(16(4)10-11)14-8-6-5-7-12(14)2;1-11-7-5-6-8-14(11)15-9-12(2)13(3)10-16(15)4;1-11-7-4-5-9-13(11)14-12(2)8-6-10-15(14)3;1-11-7-4-5-9-13(11)14-10-6-8-12(2)15(14)3;1-11-8-9-14(15(3)10-11)13-7-5-4-6-12(13)2/h6-10H,1-5H3;2*5-10H,1-4H3;3*4-10H,1-3H3/q6*+1/i;;;;;1D3. The van der Waals surface area contributed by atoms with Gasteiger partial charge in [0.1, 0.15) is 42.3 Å². The second-order valence-corrected chi connectivity index (χ2v) is 25.4. The van der Waals surface area contributed by atoms with Crippen LogP contribution in [0.15, 0.2) is 231 Å². The minimum atomic E-state index is -2.05. The highest BCUT2D eigenvalue weighted by Gasteiger charge is 2.21. The predicted molar refractivity (Wildman–Crippen MR) is 394 cm³/mol. The van der Waals surface area contributed by atoms with E-state index in [0.29, 0.717) is 5.56 Å². The molecule has 6 aromatic carbocycles. The molecular weight excluding hydrogens is 1140 g/mol. The highest BCUT2D eigenvalue weighted by molar-refractivity contribution is 5.67. The summed E-state index contributed by atoms with van der Waals surface area (Å²) in [5.41, 5.74) is 35.4. The fourth-order valence-corrected chi connectivity index (χ4v) is 12.3. The third-order valence-electron chi connectivity index (χ3n) is 18.0. The Balaban J connectivity index is 0.000000164. The molecule has 0 amide bonds. The Hall–Kier alpha value is -9.78. The molecule has 0 saturated carbocycles. The van der Waals surface area contributed by atoms with Crippen LogP contribution in [0.1, 0.15) is 93.3 Å². The zero-order chi connectivity index (χ0) is 71.0. The van der Waals surface area contributed by atoms with Crippen molar-refractivity contribution in [2.24, 2.45) is 42.3 Å². The van der Waals surface area contributed by atoms with Gasteiger partial charge in [0.2, 0.25) is 34.2 Å². The molecule has 12 aromatic rings. The minimum absolute atomic E-state index is 0.363. The van der Waals surface area contributed by atoms with Gasteiger partial charge in [-0.2, -0.15) is 4.57 Å². The summed E-state index contributed by atoms with van der Waals surface area (Å²) in [6, 6.07) is 69.4. The number of benzene rings is 6. The second-order valence-electron chi connectivity index (χ2n) is 25.4. The second kappa shape index (κ2) is 33.2. The van der Waals surface area contributed by atoms with Gasteiger partial charge in [-0.3, -0.25) is 0 Å². The van der Waals surface area contributed by atoms with Crippen molar-refractivity contribution in [1.82, 2.24) is 0 Å². The molecule has 94 heavy (non-hydrogen) atoms. The van der Waals surface area contributed by atoms with Crippen LogP contribution in [0.25, 0.3) is 67.5 Å². The Bertz CT molecular complexity index is 4670. The van der Waals surface area contributed by atoms with Gasteiger partial charge < -0.3 is 0 Å². The van der Waals surface area contributed by atoms with Crippen LogP contribution in [0.3, 0.4) is 0 Å². The average molecular weight is 1250 g/mol. The van der Waals surface area contributed by atoms with Crippen LogP contribution in [-0.2, 0) is 42.3 Å². The summed E-state index contributed by atoms with van der Waals surface area (Å²) in [4.78, 5) is 0. The molecule has 0 N–H and O–H groups in total. The normalized spacial score (nSPS) is 11.1. The fourth-order valence-electron chi connectivity index (χ4n) is 12.3. The molecule has 6 nitrogen and oxygen atoms in total. The molecule has 0 aliphatic heterocycles. The first-order valence-electron chi connectivity index (χ1n) is 34.2. The Morgan fingerprint density at radius 3 is 1.10 bits per heavy atom. The van der Waals surface area contributed by atoms with Crippen molar-refractivity contribution in [1.29, 1.82) is 0 Å². The zero-order valence-electron chi connectivity index (χ0n) is 63.1. The van der Waals surface area contributed by atoms with E-state index in [1.165, 1.54) is 140 Å². The lowest BCUT2D eigenvalue weighted by atomic mass is 9.97. The van der Waals surface area contributed by atoms with Crippen LogP contribution >= 0.6 is 0 Å². The molecule has 480 valence electrons. The smallest absolute Gasteiger partial charge is 0.201 e. The van der Waals surface area contributed by atoms with E-state index in [-0.39, 0.29) is 0 Å². The summed E-state index contributed by atoms with van der Waals surface area (Å²) >= 11 is 0. The summed E-state index contributed by atoms with van der Waals surface area (Å²) in [6.45, 7) is 30.3. The van der Waals surface area contributed by atoms with Crippen LogP contribution in [0.4, 0.5) is 0 Å². The topological polar surface area (TPSA) is 23.3 Å². The Kier molecular flexibility index (Phi) is 23.7. The molecule has 6 heteroatoms. The largest absolute Gasteiger partial charge is 0.215 e. The lowest BCUT2D eigenvalue weighted by Gasteiger charge is -2.10. The van der Waals surface area contributed by atoms with Gasteiger partial charge in [-0.15, -0.1) is 0 Å². The SMILES string of the molecule is Cc1cc(-c2ccccc2C)[n+](C)cc1C.Cc1cc(C)c(-c2ccccc2C)[n+](C)c1.Cc1ccccc1-c1c(C)c(C)c(C)c[n+]1C.Cc1ccccc1-c1c(C)ccc[n+]1C.Cc1ccccc1-c1cccc(C)[n+]1C.[2H]C([2H])([2H])c1ccc(-c2ccccc2C)[n+](C)c1. The van der Waals surface area contributed by atoms with Gasteiger partial charge in [-0.05, 0) is 209 Å². The summed E-state index contributed by atoms with van der Waals surface area (Å²) < 4.78 is 35.1. The van der Waals surface area contributed by atoms with E-state index in [0.717, 1.165) is 11.3 Å². The lowest BCUT2D eigenvalue weighted by molar-refractivity contribution is -0.666. The van der Waals surface area contributed by atoms with Gasteiger partial charge in [0, 0.05) is 114 Å². The number of aromatic nitrogens is 6. The monoisotopic (exact) mass is 1250 g/mol. The molecule has 6 heterocycles. The fraction of sp³-hybridized carbons (Fsp3) is 0.250. The highest BCUT2D eigenvalue weighted by atomic mass is 15.0. The van der Waals surface area contributed by atoms with Crippen LogP contribution in [0.2, 0.25) is 0 Å². The highest BCUT2D eigenvalue weighted by Crippen LogP contribution is 2.28. The van der Waals surface area contributed by atoms with Crippen molar-refractivity contribution in [2.45, 2.75) is 111 Å². The first-order valence-corrected chi connectivity index (χ1v) is 32.7. The number of pyridine rings is 6. The van der Waals surface area contributed by atoms with Crippen molar-refractivity contribution in [3.8, 4) is 67.5 Å². The summed E-state index contributed by atoms with van der Waals surface area (Å²) in [7, 11) is 12.4. The molecule has 0 unspecified atom stereocenters. The third kappa shape index (κ3) is 18.1. The van der Waals surface area contributed by atoms with E-state index in [1.54, 1.807) is 12.3 Å². The molecule has 12 rings (SSSR count). The van der Waals surface area contributed by atoms with Gasteiger partial charge in [0.25, 0.3) is 0 Å². The van der Waals surface area contributed by atoms with Gasteiger partial charge in [-0.1, -0.05) is 109 Å².